The van der Waals surface area contributed by atoms with Gasteiger partial charge >= 0.3 is 5.97 Å². The highest BCUT2D eigenvalue weighted by atomic mass is 16.6. The van der Waals surface area contributed by atoms with Gasteiger partial charge in [-0.1, -0.05) is 39.0 Å². The predicted molar refractivity (Wildman–Crippen MR) is 121 cm³/mol. The zero-order chi connectivity index (χ0) is 21.9. The van der Waals surface area contributed by atoms with Crippen molar-refractivity contribution < 1.29 is 14.3 Å². The summed E-state index contributed by atoms with van der Waals surface area (Å²) in [6.45, 7) is 13.5. The maximum absolute atomic E-state index is 12.1. The molecule has 0 spiro atoms. The van der Waals surface area contributed by atoms with E-state index in [9.17, 15) is 4.79 Å². The largest absolute Gasteiger partial charge is 0.478 e. The first-order valence-corrected chi connectivity index (χ1v) is 10.8. The Balaban J connectivity index is 1.52. The first kappa shape index (κ1) is 22.4. The van der Waals surface area contributed by atoms with Crippen molar-refractivity contribution in [2.75, 3.05) is 6.73 Å². The summed E-state index contributed by atoms with van der Waals surface area (Å²) in [6.07, 6.45) is 2.62. The Morgan fingerprint density at radius 3 is 2.23 bits per heavy atom. The molecule has 0 aromatic heterocycles. The van der Waals surface area contributed by atoms with Gasteiger partial charge in [-0.2, -0.15) is 0 Å². The Bertz CT molecular complexity index is 869. The van der Waals surface area contributed by atoms with Gasteiger partial charge in [0.05, 0.1) is 5.56 Å². The molecule has 1 aliphatic carbocycles. The molecule has 2 aromatic carbocycles. The van der Waals surface area contributed by atoms with Crippen LogP contribution in [0.1, 0.15) is 87.4 Å². The monoisotopic (exact) mass is 409 g/mol. The van der Waals surface area contributed by atoms with Crippen molar-refractivity contribution in [1.82, 2.24) is 5.32 Å². The molecule has 2 aromatic rings. The summed E-state index contributed by atoms with van der Waals surface area (Å²) in [5.41, 5.74) is 4.33. The molecule has 1 saturated carbocycles. The number of carbonyl (C=O) groups is 1. The van der Waals surface area contributed by atoms with Gasteiger partial charge in [-0.3, -0.25) is 5.32 Å². The van der Waals surface area contributed by atoms with Crippen LogP contribution >= 0.6 is 0 Å². The van der Waals surface area contributed by atoms with Crippen LogP contribution in [0.4, 0.5) is 0 Å². The molecular formula is C26H35NO3. The highest BCUT2D eigenvalue weighted by Gasteiger charge is 2.26. The Kier molecular flexibility index (Phi) is 6.56. The zero-order valence-electron chi connectivity index (χ0n) is 19.2. The lowest BCUT2D eigenvalue weighted by atomic mass is 9.84. The van der Waals surface area contributed by atoms with E-state index >= 15 is 0 Å². The van der Waals surface area contributed by atoms with Gasteiger partial charge in [0.25, 0.3) is 0 Å². The van der Waals surface area contributed by atoms with Crippen molar-refractivity contribution in [3.05, 3.63) is 64.7 Å². The SMILES string of the molecule is CC(C)(C)OC(=O)c1ccc(OCNCc2cc(C3CC3)cc(C(C)(C)C)c2)cc1. The summed E-state index contributed by atoms with van der Waals surface area (Å²) < 4.78 is 11.2. The number of hydrogen-bond donors (Lipinski definition) is 1. The van der Waals surface area contributed by atoms with Crippen LogP contribution < -0.4 is 10.1 Å². The second-order valence-electron chi connectivity index (χ2n) is 10.2. The summed E-state index contributed by atoms with van der Waals surface area (Å²) >= 11 is 0. The van der Waals surface area contributed by atoms with Gasteiger partial charge in [0.2, 0.25) is 0 Å². The minimum Gasteiger partial charge on any atom is -0.478 e. The van der Waals surface area contributed by atoms with Gasteiger partial charge in [0, 0.05) is 6.54 Å². The van der Waals surface area contributed by atoms with Crippen LogP contribution in [0, 0.1) is 0 Å². The lowest BCUT2D eigenvalue weighted by Gasteiger charge is -2.21. The summed E-state index contributed by atoms with van der Waals surface area (Å²) in [7, 11) is 0. The van der Waals surface area contributed by atoms with E-state index in [4.69, 9.17) is 9.47 Å². The molecule has 0 saturated heterocycles. The Labute approximate surface area is 181 Å². The smallest absolute Gasteiger partial charge is 0.338 e. The highest BCUT2D eigenvalue weighted by molar-refractivity contribution is 5.89. The fourth-order valence-electron chi connectivity index (χ4n) is 3.26. The van der Waals surface area contributed by atoms with Crippen molar-refractivity contribution in [2.45, 2.75) is 77.9 Å². The molecule has 0 unspecified atom stereocenters. The molecule has 0 bridgehead atoms. The number of nitrogens with one attached hydrogen (secondary N) is 1. The van der Waals surface area contributed by atoms with Crippen molar-refractivity contribution in [2.24, 2.45) is 0 Å². The maximum Gasteiger partial charge on any atom is 0.338 e. The highest BCUT2D eigenvalue weighted by Crippen LogP contribution is 2.41. The number of benzene rings is 2. The first-order chi connectivity index (χ1) is 14.0. The lowest BCUT2D eigenvalue weighted by molar-refractivity contribution is 0.00695. The first-order valence-electron chi connectivity index (χ1n) is 10.8. The molecule has 0 radical (unpaired) electrons. The molecule has 3 rings (SSSR count). The molecule has 0 aliphatic heterocycles. The summed E-state index contributed by atoms with van der Waals surface area (Å²) in [5, 5.41) is 3.37. The van der Waals surface area contributed by atoms with Crippen LogP contribution in [-0.2, 0) is 16.7 Å². The van der Waals surface area contributed by atoms with E-state index in [-0.39, 0.29) is 11.4 Å². The van der Waals surface area contributed by atoms with E-state index < -0.39 is 5.60 Å². The molecule has 1 fully saturated rings. The zero-order valence-corrected chi connectivity index (χ0v) is 19.2. The van der Waals surface area contributed by atoms with E-state index in [2.05, 4.69) is 44.3 Å². The number of hydrogen-bond acceptors (Lipinski definition) is 4. The number of rotatable bonds is 7. The van der Waals surface area contributed by atoms with Crippen LogP contribution in [-0.4, -0.2) is 18.3 Å². The van der Waals surface area contributed by atoms with E-state index in [1.54, 1.807) is 24.3 Å². The second kappa shape index (κ2) is 8.81. The normalized spacial score (nSPS) is 14.5. The van der Waals surface area contributed by atoms with E-state index in [1.165, 1.54) is 29.5 Å². The molecule has 1 N–H and O–H groups in total. The van der Waals surface area contributed by atoms with Gasteiger partial charge in [-0.05, 0) is 85.9 Å². The third-order valence-electron chi connectivity index (χ3n) is 5.09. The Morgan fingerprint density at radius 2 is 1.67 bits per heavy atom. The molecular weight excluding hydrogens is 374 g/mol. The van der Waals surface area contributed by atoms with Gasteiger partial charge in [0.1, 0.15) is 18.1 Å². The standard InChI is InChI=1S/C26H35NO3/c1-25(2,3)22-14-18(13-21(15-22)19-7-8-19)16-27-17-29-23-11-9-20(10-12-23)24(28)30-26(4,5)6/h9-15,19,27H,7-8,16-17H2,1-6H3. The molecule has 0 heterocycles. The third kappa shape index (κ3) is 6.60. The fraction of sp³-hybridized carbons (Fsp3) is 0.500. The van der Waals surface area contributed by atoms with Crippen molar-refractivity contribution in [3.8, 4) is 5.75 Å². The summed E-state index contributed by atoms with van der Waals surface area (Å²) in [4.78, 5) is 12.1. The minimum atomic E-state index is -0.500. The molecule has 4 heteroatoms. The summed E-state index contributed by atoms with van der Waals surface area (Å²) in [5.74, 6) is 1.14. The van der Waals surface area contributed by atoms with Crippen LogP contribution in [0.25, 0.3) is 0 Å². The van der Waals surface area contributed by atoms with E-state index in [1.807, 2.05) is 20.8 Å². The molecule has 4 nitrogen and oxygen atoms in total. The molecule has 0 atom stereocenters. The fourth-order valence-corrected chi connectivity index (χ4v) is 3.26. The summed E-state index contributed by atoms with van der Waals surface area (Å²) in [6, 6.07) is 14.1. The Morgan fingerprint density at radius 1 is 1.00 bits per heavy atom. The number of esters is 1. The molecule has 30 heavy (non-hydrogen) atoms. The number of carbonyl (C=O) groups excluding carboxylic acids is 1. The minimum absolute atomic E-state index is 0.145. The van der Waals surface area contributed by atoms with Crippen LogP contribution in [0.5, 0.6) is 5.75 Å². The van der Waals surface area contributed by atoms with Gasteiger partial charge in [-0.25, -0.2) is 4.79 Å². The van der Waals surface area contributed by atoms with Crippen molar-refractivity contribution in [3.63, 3.8) is 0 Å². The van der Waals surface area contributed by atoms with Gasteiger partial charge in [0.15, 0.2) is 0 Å². The molecule has 162 valence electrons. The van der Waals surface area contributed by atoms with E-state index in [0.29, 0.717) is 12.3 Å². The van der Waals surface area contributed by atoms with Crippen LogP contribution in [0.3, 0.4) is 0 Å². The topological polar surface area (TPSA) is 47.6 Å². The van der Waals surface area contributed by atoms with Crippen molar-refractivity contribution >= 4 is 5.97 Å². The van der Waals surface area contributed by atoms with Crippen LogP contribution in [0.2, 0.25) is 0 Å². The molecule has 0 amide bonds. The van der Waals surface area contributed by atoms with Crippen LogP contribution in [0.15, 0.2) is 42.5 Å². The predicted octanol–water partition coefficient (Wildman–Crippen LogP) is 5.94. The average Bonchev–Trinajstić information content (AvgIpc) is 3.49. The third-order valence-corrected chi connectivity index (χ3v) is 5.09. The molecule has 1 aliphatic rings. The van der Waals surface area contributed by atoms with Gasteiger partial charge in [-0.15, -0.1) is 0 Å². The average molecular weight is 410 g/mol. The van der Waals surface area contributed by atoms with E-state index in [0.717, 1.165) is 18.2 Å². The second-order valence-corrected chi connectivity index (χ2v) is 10.2. The maximum atomic E-state index is 12.1. The van der Waals surface area contributed by atoms with Crippen molar-refractivity contribution in [1.29, 1.82) is 0 Å². The lowest BCUT2D eigenvalue weighted by Crippen LogP contribution is -2.23. The number of ether oxygens (including phenoxy) is 2. The van der Waals surface area contributed by atoms with Gasteiger partial charge < -0.3 is 9.47 Å². The Hall–Kier alpha value is -2.33. The quantitative estimate of drug-likeness (QED) is 0.349.